The average Bonchev–Trinajstić information content (AvgIpc) is 3.22. The summed E-state index contributed by atoms with van der Waals surface area (Å²) in [6.07, 6.45) is 6.10. The molecule has 1 aromatic carbocycles. The maximum absolute atomic E-state index is 12.0. The normalized spacial score (nSPS) is 10.6. The van der Waals surface area contributed by atoms with Gasteiger partial charge in [0.25, 0.3) is 0 Å². The Balaban J connectivity index is 1.50. The van der Waals surface area contributed by atoms with Crippen molar-refractivity contribution < 1.29 is 9.53 Å². The fourth-order valence-corrected chi connectivity index (χ4v) is 2.36. The molecular weight excluding hydrogens is 318 g/mol. The Morgan fingerprint density at radius 3 is 2.68 bits per heavy atom. The molecule has 0 fully saturated rings. The molecule has 0 radical (unpaired) electrons. The first kappa shape index (κ1) is 16.8. The summed E-state index contributed by atoms with van der Waals surface area (Å²) >= 11 is 0. The van der Waals surface area contributed by atoms with Crippen LogP contribution in [-0.2, 0) is 24.5 Å². The number of ether oxygens (including phenoxy) is 1. The molecule has 0 bridgehead atoms. The number of anilines is 1. The highest BCUT2D eigenvalue weighted by molar-refractivity contribution is 5.90. The molecule has 130 valence electrons. The molecule has 0 aliphatic carbocycles. The lowest BCUT2D eigenvalue weighted by molar-refractivity contribution is -0.116. The summed E-state index contributed by atoms with van der Waals surface area (Å²) in [7, 11) is 0. The van der Waals surface area contributed by atoms with Gasteiger partial charge in [-0.25, -0.2) is 4.68 Å². The maximum Gasteiger partial charge on any atom is 0.246 e. The molecule has 7 heteroatoms. The number of carbonyl (C=O) groups excluding carboxylic acids is 1. The summed E-state index contributed by atoms with van der Waals surface area (Å²) in [5.41, 5.74) is 2.77. The second-order valence-electron chi connectivity index (χ2n) is 5.74. The van der Waals surface area contributed by atoms with E-state index in [-0.39, 0.29) is 19.2 Å². The van der Waals surface area contributed by atoms with Gasteiger partial charge in [-0.15, -0.1) is 0 Å². The van der Waals surface area contributed by atoms with Crippen molar-refractivity contribution in [1.82, 2.24) is 19.6 Å². The van der Waals surface area contributed by atoms with Crippen LogP contribution in [0.3, 0.4) is 0 Å². The number of amides is 1. The van der Waals surface area contributed by atoms with Crippen LogP contribution < -0.4 is 10.1 Å². The molecule has 0 saturated carbocycles. The topological polar surface area (TPSA) is 74.0 Å². The molecule has 0 aliphatic rings. The van der Waals surface area contributed by atoms with Crippen LogP contribution >= 0.6 is 0 Å². The lowest BCUT2D eigenvalue weighted by Crippen LogP contribution is -2.18. The summed E-state index contributed by atoms with van der Waals surface area (Å²) in [4.78, 5) is 12.0. The number of rotatable bonds is 7. The molecule has 0 aliphatic heterocycles. The first-order valence-corrected chi connectivity index (χ1v) is 8.16. The smallest absolute Gasteiger partial charge is 0.246 e. The van der Waals surface area contributed by atoms with Crippen LogP contribution in [0.2, 0.25) is 0 Å². The molecular formula is C18H21N5O2. The number of nitrogens with zero attached hydrogens (tertiary/aromatic N) is 4. The van der Waals surface area contributed by atoms with Crippen LogP contribution in [0.5, 0.6) is 5.75 Å². The van der Waals surface area contributed by atoms with Gasteiger partial charge < -0.3 is 10.1 Å². The standard InChI is InChI=1S/C18H21N5O2/c1-3-15-4-6-17(7-5-15)25-13-23-11-16(10-19-23)20-18(24)12-22-9-8-14(2)21-22/h4-11H,3,12-13H2,1-2H3,(H,20,24). The second kappa shape index (κ2) is 7.65. The van der Waals surface area contributed by atoms with Gasteiger partial charge in [0.1, 0.15) is 12.3 Å². The van der Waals surface area contributed by atoms with Gasteiger partial charge in [-0.3, -0.25) is 9.48 Å². The van der Waals surface area contributed by atoms with Crippen LogP contribution in [0.25, 0.3) is 0 Å². The molecule has 0 unspecified atom stereocenters. The van der Waals surface area contributed by atoms with Crippen LogP contribution in [0.15, 0.2) is 48.9 Å². The monoisotopic (exact) mass is 339 g/mol. The highest BCUT2D eigenvalue weighted by Gasteiger charge is 2.06. The molecule has 2 heterocycles. The van der Waals surface area contributed by atoms with Gasteiger partial charge in [0.05, 0.1) is 23.8 Å². The maximum atomic E-state index is 12.0. The number of hydrogen-bond donors (Lipinski definition) is 1. The molecule has 3 aromatic rings. The molecule has 25 heavy (non-hydrogen) atoms. The Bertz CT molecular complexity index is 835. The quantitative estimate of drug-likeness (QED) is 0.718. The minimum absolute atomic E-state index is 0.154. The van der Waals surface area contributed by atoms with Gasteiger partial charge in [-0.05, 0) is 37.1 Å². The molecule has 0 atom stereocenters. The Morgan fingerprint density at radius 2 is 2.00 bits per heavy atom. The minimum atomic E-state index is -0.154. The van der Waals surface area contributed by atoms with E-state index in [2.05, 4.69) is 22.4 Å². The third kappa shape index (κ3) is 4.69. The summed E-state index contributed by atoms with van der Waals surface area (Å²) < 4.78 is 8.90. The highest BCUT2D eigenvalue weighted by Crippen LogP contribution is 2.13. The predicted octanol–water partition coefficient (Wildman–Crippen LogP) is 2.63. The van der Waals surface area contributed by atoms with Gasteiger partial charge in [-0.2, -0.15) is 10.2 Å². The Labute approximate surface area is 146 Å². The number of carbonyl (C=O) groups is 1. The van der Waals surface area contributed by atoms with Crippen LogP contribution in [0, 0.1) is 6.92 Å². The van der Waals surface area contributed by atoms with E-state index >= 15 is 0 Å². The number of hydrogen-bond acceptors (Lipinski definition) is 4. The summed E-state index contributed by atoms with van der Waals surface area (Å²) in [6.45, 7) is 4.44. The van der Waals surface area contributed by atoms with E-state index in [9.17, 15) is 4.79 Å². The van der Waals surface area contributed by atoms with Gasteiger partial charge >= 0.3 is 0 Å². The van der Waals surface area contributed by atoms with Crippen molar-refractivity contribution in [2.75, 3.05) is 5.32 Å². The van der Waals surface area contributed by atoms with Gasteiger partial charge in [0.2, 0.25) is 5.91 Å². The molecule has 0 saturated heterocycles. The first-order chi connectivity index (χ1) is 12.1. The average molecular weight is 339 g/mol. The zero-order valence-corrected chi connectivity index (χ0v) is 14.3. The Hall–Kier alpha value is -3.09. The minimum Gasteiger partial charge on any atom is -0.471 e. The summed E-state index contributed by atoms with van der Waals surface area (Å²) in [6, 6.07) is 9.83. The third-order valence-corrected chi connectivity index (χ3v) is 3.69. The van der Waals surface area contributed by atoms with E-state index in [1.807, 2.05) is 37.3 Å². The zero-order valence-electron chi connectivity index (χ0n) is 14.3. The van der Waals surface area contributed by atoms with E-state index < -0.39 is 0 Å². The van der Waals surface area contributed by atoms with Crippen LogP contribution in [0.4, 0.5) is 5.69 Å². The van der Waals surface area contributed by atoms with Crippen molar-refractivity contribution in [2.45, 2.75) is 33.5 Å². The molecule has 1 amide bonds. The molecule has 0 spiro atoms. The summed E-state index contributed by atoms with van der Waals surface area (Å²) in [5, 5.41) is 11.2. The molecule has 1 N–H and O–H groups in total. The van der Waals surface area contributed by atoms with E-state index in [0.717, 1.165) is 17.9 Å². The second-order valence-corrected chi connectivity index (χ2v) is 5.74. The Kier molecular flexibility index (Phi) is 5.13. The summed E-state index contributed by atoms with van der Waals surface area (Å²) in [5.74, 6) is 0.631. The largest absolute Gasteiger partial charge is 0.471 e. The SMILES string of the molecule is CCc1ccc(OCn2cc(NC(=O)Cn3ccc(C)n3)cn2)cc1. The van der Waals surface area contributed by atoms with Crippen molar-refractivity contribution in [2.24, 2.45) is 0 Å². The predicted molar refractivity (Wildman–Crippen MR) is 94.3 cm³/mol. The molecule has 7 nitrogen and oxygen atoms in total. The van der Waals surface area contributed by atoms with E-state index in [1.165, 1.54) is 5.56 Å². The van der Waals surface area contributed by atoms with Crippen LogP contribution in [0.1, 0.15) is 18.2 Å². The number of nitrogens with one attached hydrogen (secondary N) is 1. The molecule has 3 rings (SSSR count). The molecule has 2 aromatic heterocycles. The van der Waals surface area contributed by atoms with Crippen molar-refractivity contribution in [3.05, 3.63) is 60.2 Å². The van der Waals surface area contributed by atoms with E-state index in [0.29, 0.717) is 5.69 Å². The van der Waals surface area contributed by atoms with Gasteiger partial charge in [0, 0.05) is 6.20 Å². The third-order valence-electron chi connectivity index (χ3n) is 3.69. The lowest BCUT2D eigenvalue weighted by atomic mass is 10.2. The number of benzene rings is 1. The van der Waals surface area contributed by atoms with Crippen molar-refractivity contribution in [3.63, 3.8) is 0 Å². The van der Waals surface area contributed by atoms with Gasteiger partial charge in [0.15, 0.2) is 6.73 Å². The van der Waals surface area contributed by atoms with E-state index in [4.69, 9.17) is 4.74 Å². The fourth-order valence-electron chi connectivity index (χ4n) is 2.36. The van der Waals surface area contributed by atoms with Crippen molar-refractivity contribution in [3.8, 4) is 5.75 Å². The van der Waals surface area contributed by atoms with Gasteiger partial charge in [-0.1, -0.05) is 19.1 Å². The zero-order chi connectivity index (χ0) is 17.6. The van der Waals surface area contributed by atoms with E-state index in [1.54, 1.807) is 28.0 Å². The Morgan fingerprint density at radius 1 is 1.20 bits per heavy atom. The number of aromatic nitrogens is 4. The van der Waals surface area contributed by atoms with Crippen molar-refractivity contribution >= 4 is 11.6 Å². The van der Waals surface area contributed by atoms with Crippen molar-refractivity contribution in [1.29, 1.82) is 0 Å². The first-order valence-electron chi connectivity index (χ1n) is 8.16. The fraction of sp³-hybridized carbons (Fsp3) is 0.278. The lowest BCUT2D eigenvalue weighted by Gasteiger charge is -2.06. The van der Waals surface area contributed by atoms with Crippen LogP contribution in [-0.4, -0.2) is 25.5 Å². The highest BCUT2D eigenvalue weighted by atomic mass is 16.5. The number of aryl methyl sites for hydroxylation is 2.